The molecule has 4 nitrogen and oxygen atoms in total. The lowest BCUT2D eigenvalue weighted by molar-refractivity contribution is -0.134. The molecule has 1 amide bonds. The van der Waals surface area contributed by atoms with E-state index >= 15 is 0 Å². The molecule has 2 fully saturated rings. The van der Waals surface area contributed by atoms with Gasteiger partial charge in [-0.1, -0.05) is 36.2 Å². The van der Waals surface area contributed by atoms with E-state index in [1.54, 1.807) is 0 Å². The molecule has 3 rings (SSSR count). The standard InChI is InChI=1S/C21H33N3O/c1-16-8-10-19(11-9-16)20(22)21(25)24-13-5-7-18(15-24)14-23-12-4-3-6-17(23)2/h8-11,17-18,20H,3-7,12-15,22H2,1-2H3. The highest BCUT2D eigenvalue weighted by molar-refractivity contribution is 5.83. The highest BCUT2D eigenvalue weighted by Crippen LogP contribution is 2.24. The van der Waals surface area contributed by atoms with Gasteiger partial charge in [0.1, 0.15) is 6.04 Å². The molecule has 2 N–H and O–H groups in total. The van der Waals surface area contributed by atoms with Gasteiger partial charge in [0.25, 0.3) is 0 Å². The molecule has 2 heterocycles. The van der Waals surface area contributed by atoms with E-state index in [0.717, 1.165) is 31.6 Å². The molecular weight excluding hydrogens is 310 g/mol. The number of likely N-dealkylation sites (tertiary alicyclic amines) is 2. The number of nitrogens with zero attached hydrogens (tertiary/aromatic N) is 2. The van der Waals surface area contributed by atoms with Gasteiger partial charge in [0.05, 0.1) is 0 Å². The average molecular weight is 344 g/mol. The first-order valence-electron chi connectivity index (χ1n) is 9.89. The minimum atomic E-state index is -0.534. The Kier molecular flexibility index (Phi) is 6.13. The maximum atomic E-state index is 12.9. The van der Waals surface area contributed by atoms with Gasteiger partial charge in [0.15, 0.2) is 0 Å². The first kappa shape index (κ1) is 18.4. The van der Waals surface area contributed by atoms with Gasteiger partial charge in [-0.3, -0.25) is 4.79 Å². The van der Waals surface area contributed by atoms with E-state index in [0.29, 0.717) is 12.0 Å². The summed E-state index contributed by atoms with van der Waals surface area (Å²) < 4.78 is 0. The molecule has 4 heteroatoms. The zero-order valence-corrected chi connectivity index (χ0v) is 15.8. The second kappa shape index (κ2) is 8.33. The molecule has 0 bridgehead atoms. The van der Waals surface area contributed by atoms with Crippen LogP contribution < -0.4 is 5.73 Å². The van der Waals surface area contributed by atoms with Crippen LogP contribution in [0.25, 0.3) is 0 Å². The lowest BCUT2D eigenvalue weighted by Gasteiger charge is -2.40. The Morgan fingerprint density at radius 3 is 2.64 bits per heavy atom. The van der Waals surface area contributed by atoms with Crippen LogP contribution in [0.4, 0.5) is 0 Å². The van der Waals surface area contributed by atoms with Crippen molar-refractivity contribution in [3.63, 3.8) is 0 Å². The Balaban J connectivity index is 1.58. The molecule has 3 unspecified atom stereocenters. The molecule has 0 saturated carbocycles. The van der Waals surface area contributed by atoms with Gasteiger partial charge in [-0.25, -0.2) is 0 Å². The minimum absolute atomic E-state index is 0.0836. The molecule has 138 valence electrons. The number of benzene rings is 1. The van der Waals surface area contributed by atoms with E-state index in [1.165, 1.54) is 37.8 Å². The summed E-state index contributed by atoms with van der Waals surface area (Å²) in [6, 6.07) is 8.17. The number of piperidine rings is 2. The largest absolute Gasteiger partial charge is 0.341 e. The predicted molar refractivity (Wildman–Crippen MR) is 102 cm³/mol. The third kappa shape index (κ3) is 4.62. The molecule has 0 aliphatic carbocycles. The summed E-state index contributed by atoms with van der Waals surface area (Å²) in [6.07, 6.45) is 6.32. The van der Waals surface area contributed by atoms with E-state index in [2.05, 4.69) is 11.8 Å². The van der Waals surface area contributed by atoms with Gasteiger partial charge in [0, 0.05) is 25.7 Å². The third-order valence-electron chi connectivity index (χ3n) is 5.97. The summed E-state index contributed by atoms with van der Waals surface area (Å²) in [5, 5.41) is 0. The maximum Gasteiger partial charge on any atom is 0.244 e. The summed E-state index contributed by atoms with van der Waals surface area (Å²) in [5.74, 6) is 0.670. The molecule has 2 saturated heterocycles. The number of rotatable bonds is 4. The summed E-state index contributed by atoms with van der Waals surface area (Å²) in [5.41, 5.74) is 8.38. The summed E-state index contributed by atoms with van der Waals surface area (Å²) in [6.45, 7) is 8.46. The van der Waals surface area contributed by atoms with Gasteiger partial charge in [0.2, 0.25) is 5.91 Å². The maximum absolute atomic E-state index is 12.9. The van der Waals surface area contributed by atoms with E-state index in [4.69, 9.17) is 5.73 Å². The number of nitrogens with two attached hydrogens (primary N) is 1. The minimum Gasteiger partial charge on any atom is -0.341 e. The first-order valence-corrected chi connectivity index (χ1v) is 9.89. The topological polar surface area (TPSA) is 49.6 Å². The third-order valence-corrected chi connectivity index (χ3v) is 5.97. The fourth-order valence-corrected chi connectivity index (χ4v) is 4.29. The van der Waals surface area contributed by atoms with Crippen LogP contribution in [0.3, 0.4) is 0 Å². The van der Waals surface area contributed by atoms with E-state index in [9.17, 15) is 4.79 Å². The van der Waals surface area contributed by atoms with Crippen molar-refractivity contribution in [1.82, 2.24) is 9.80 Å². The van der Waals surface area contributed by atoms with Crippen molar-refractivity contribution in [2.24, 2.45) is 11.7 Å². The van der Waals surface area contributed by atoms with Crippen molar-refractivity contribution in [3.8, 4) is 0 Å². The Bertz CT molecular complexity index is 571. The van der Waals surface area contributed by atoms with E-state index in [-0.39, 0.29) is 5.91 Å². The van der Waals surface area contributed by atoms with Crippen LogP contribution in [0.5, 0.6) is 0 Å². The van der Waals surface area contributed by atoms with Crippen LogP contribution in [-0.2, 0) is 4.79 Å². The lowest BCUT2D eigenvalue weighted by atomic mass is 9.94. The quantitative estimate of drug-likeness (QED) is 0.914. The number of hydrogen-bond donors (Lipinski definition) is 1. The molecule has 1 aromatic rings. The van der Waals surface area contributed by atoms with Crippen molar-refractivity contribution in [2.45, 2.75) is 58.0 Å². The van der Waals surface area contributed by atoms with Gasteiger partial charge in [-0.15, -0.1) is 0 Å². The Morgan fingerprint density at radius 2 is 1.92 bits per heavy atom. The van der Waals surface area contributed by atoms with Crippen molar-refractivity contribution >= 4 is 5.91 Å². The van der Waals surface area contributed by atoms with Gasteiger partial charge in [-0.2, -0.15) is 0 Å². The summed E-state index contributed by atoms with van der Waals surface area (Å²) in [4.78, 5) is 17.5. The zero-order chi connectivity index (χ0) is 17.8. The van der Waals surface area contributed by atoms with Crippen molar-refractivity contribution in [1.29, 1.82) is 0 Å². The normalized spacial score (nSPS) is 26.4. The number of carbonyl (C=O) groups excluding carboxylic acids is 1. The SMILES string of the molecule is Cc1ccc(C(N)C(=O)N2CCCC(CN3CCCCC3C)C2)cc1. The molecule has 2 aliphatic heterocycles. The lowest BCUT2D eigenvalue weighted by Crippen LogP contribution is -2.48. The second-order valence-corrected chi connectivity index (χ2v) is 8.02. The monoisotopic (exact) mass is 343 g/mol. The number of hydrogen-bond acceptors (Lipinski definition) is 3. The molecule has 1 aromatic carbocycles. The van der Waals surface area contributed by atoms with Crippen molar-refractivity contribution in [3.05, 3.63) is 35.4 Å². The molecule has 3 atom stereocenters. The Labute approximate surface area is 152 Å². The van der Waals surface area contributed by atoms with Crippen LogP contribution >= 0.6 is 0 Å². The number of amides is 1. The van der Waals surface area contributed by atoms with Crippen LogP contribution in [-0.4, -0.2) is 47.9 Å². The van der Waals surface area contributed by atoms with Crippen molar-refractivity contribution < 1.29 is 4.79 Å². The zero-order valence-electron chi connectivity index (χ0n) is 15.8. The summed E-state index contributed by atoms with van der Waals surface area (Å²) in [7, 11) is 0. The predicted octanol–water partition coefficient (Wildman–Crippen LogP) is 3.11. The highest BCUT2D eigenvalue weighted by Gasteiger charge is 2.30. The smallest absolute Gasteiger partial charge is 0.244 e. The van der Waals surface area contributed by atoms with E-state index < -0.39 is 6.04 Å². The van der Waals surface area contributed by atoms with Crippen molar-refractivity contribution in [2.75, 3.05) is 26.2 Å². The fraction of sp³-hybridized carbons (Fsp3) is 0.667. The molecule has 2 aliphatic rings. The van der Waals surface area contributed by atoms with Gasteiger partial charge >= 0.3 is 0 Å². The first-order chi connectivity index (χ1) is 12.0. The molecule has 0 aromatic heterocycles. The molecule has 0 spiro atoms. The molecular formula is C21H33N3O. The summed E-state index contributed by atoms with van der Waals surface area (Å²) >= 11 is 0. The van der Waals surface area contributed by atoms with Crippen LogP contribution in [0.1, 0.15) is 56.2 Å². The Hall–Kier alpha value is -1.39. The average Bonchev–Trinajstić information content (AvgIpc) is 2.63. The molecule has 25 heavy (non-hydrogen) atoms. The van der Waals surface area contributed by atoms with E-state index in [1.807, 2.05) is 36.1 Å². The number of aryl methyl sites for hydroxylation is 1. The number of carbonyl (C=O) groups is 1. The van der Waals surface area contributed by atoms with Crippen LogP contribution in [0.15, 0.2) is 24.3 Å². The second-order valence-electron chi connectivity index (χ2n) is 8.02. The Morgan fingerprint density at radius 1 is 1.16 bits per heavy atom. The van der Waals surface area contributed by atoms with Gasteiger partial charge in [-0.05, 0) is 57.6 Å². The highest BCUT2D eigenvalue weighted by atomic mass is 16.2. The van der Waals surface area contributed by atoms with Crippen LogP contribution in [0.2, 0.25) is 0 Å². The van der Waals surface area contributed by atoms with Gasteiger partial charge < -0.3 is 15.5 Å². The molecule has 0 radical (unpaired) electrons. The van der Waals surface area contributed by atoms with Crippen LogP contribution in [0, 0.1) is 12.8 Å². The fourth-order valence-electron chi connectivity index (χ4n) is 4.29.